The second-order valence-electron chi connectivity index (χ2n) is 8.68. The van der Waals surface area contributed by atoms with Gasteiger partial charge in [0.1, 0.15) is 0 Å². The molecule has 2 heteroatoms. The molecule has 3 aliphatic carbocycles. The molecule has 4 unspecified atom stereocenters. The molecule has 3 fully saturated rings. The molecule has 1 spiro atoms. The summed E-state index contributed by atoms with van der Waals surface area (Å²) in [5.74, 6) is 0.823. The Hall–Kier alpha value is -0.0800. The van der Waals surface area contributed by atoms with Gasteiger partial charge in [0.2, 0.25) is 0 Å². The van der Waals surface area contributed by atoms with Crippen molar-refractivity contribution in [2.24, 2.45) is 16.7 Å². The molecule has 0 aromatic heterocycles. The van der Waals surface area contributed by atoms with Crippen LogP contribution in [0, 0.1) is 16.7 Å². The van der Waals surface area contributed by atoms with Crippen molar-refractivity contribution < 1.29 is 4.74 Å². The number of nitrogens with one attached hydrogen (secondary N) is 1. The Morgan fingerprint density at radius 2 is 1.75 bits per heavy atom. The Kier molecular flexibility index (Phi) is 3.92. The van der Waals surface area contributed by atoms with Crippen LogP contribution >= 0.6 is 0 Å². The number of ether oxygens (including phenoxy) is 1. The Morgan fingerprint density at radius 1 is 1.05 bits per heavy atom. The molecule has 20 heavy (non-hydrogen) atoms. The van der Waals surface area contributed by atoms with Crippen LogP contribution in [0.1, 0.15) is 72.1 Å². The molecule has 0 aromatic carbocycles. The van der Waals surface area contributed by atoms with Crippen LogP contribution in [-0.2, 0) is 4.74 Å². The van der Waals surface area contributed by atoms with Gasteiger partial charge < -0.3 is 10.1 Å². The molecular formula is C18H33NO. The molecule has 3 saturated carbocycles. The summed E-state index contributed by atoms with van der Waals surface area (Å²) < 4.78 is 6.66. The molecule has 4 atom stereocenters. The van der Waals surface area contributed by atoms with E-state index in [0.717, 1.165) is 5.92 Å². The molecule has 0 radical (unpaired) electrons. The Bertz CT molecular complexity index is 345. The normalized spacial score (nSPS) is 42.6. The van der Waals surface area contributed by atoms with Crippen LogP contribution in [0.2, 0.25) is 0 Å². The lowest BCUT2D eigenvalue weighted by molar-refractivity contribution is -0.176. The van der Waals surface area contributed by atoms with Crippen LogP contribution in [-0.4, -0.2) is 25.3 Å². The van der Waals surface area contributed by atoms with Crippen LogP contribution < -0.4 is 5.32 Å². The minimum absolute atomic E-state index is 0.470. The Balaban J connectivity index is 1.63. The highest BCUT2D eigenvalue weighted by molar-refractivity contribution is 5.10. The monoisotopic (exact) mass is 279 g/mol. The third kappa shape index (κ3) is 2.54. The molecule has 2 nitrogen and oxygen atoms in total. The van der Waals surface area contributed by atoms with Crippen molar-refractivity contribution in [2.45, 2.75) is 90.4 Å². The van der Waals surface area contributed by atoms with E-state index >= 15 is 0 Å². The first-order valence-corrected chi connectivity index (χ1v) is 8.78. The van der Waals surface area contributed by atoms with E-state index in [1.54, 1.807) is 0 Å². The largest absolute Gasteiger partial charge is 0.374 e. The van der Waals surface area contributed by atoms with Crippen molar-refractivity contribution in [1.29, 1.82) is 0 Å². The van der Waals surface area contributed by atoms with E-state index in [2.05, 4.69) is 33.1 Å². The van der Waals surface area contributed by atoms with E-state index in [0.29, 0.717) is 29.1 Å². The second-order valence-corrected chi connectivity index (χ2v) is 8.68. The van der Waals surface area contributed by atoms with Crippen LogP contribution in [0.15, 0.2) is 0 Å². The molecule has 0 aliphatic heterocycles. The fourth-order valence-electron chi connectivity index (χ4n) is 5.64. The predicted molar refractivity (Wildman–Crippen MR) is 83.8 cm³/mol. The van der Waals surface area contributed by atoms with E-state index in [9.17, 15) is 0 Å². The van der Waals surface area contributed by atoms with Gasteiger partial charge >= 0.3 is 0 Å². The first kappa shape index (κ1) is 14.8. The van der Waals surface area contributed by atoms with E-state index in [4.69, 9.17) is 4.74 Å². The summed E-state index contributed by atoms with van der Waals surface area (Å²) in [5.41, 5.74) is 0.955. The molecular weight excluding hydrogens is 246 g/mol. The van der Waals surface area contributed by atoms with Crippen LogP contribution in [0.4, 0.5) is 0 Å². The topological polar surface area (TPSA) is 21.3 Å². The van der Waals surface area contributed by atoms with Gasteiger partial charge in [0, 0.05) is 11.5 Å². The van der Waals surface area contributed by atoms with E-state index in [1.165, 1.54) is 51.4 Å². The number of hydrogen-bond donors (Lipinski definition) is 1. The number of rotatable bonds is 3. The SMILES string of the molecule is CNC1CC(OC2CC(C)CC(C)(C)C2)C12CCCC2. The van der Waals surface area contributed by atoms with Gasteiger partial charge in [0.15, 0.2) is 0 Å². The quantitative estimate of drug-likeness (QED) is 0.838. The molecule has 0 amide bonds. The molecule has 0 heterocycles. The first-order chi connectivity index (χ1) is 9.45. The van der Waals surface area contributed by atoms with Crippen LogP contribution in [0.25, 0.3) is 0 Å². The molecule has 3 aliphatic rings. The third-order valence-electron chi connectivity index (χ3n) is 6.37. The lowest BCUT2D eigenvalue weighted by atomic mass is 9.60. The summed E-state index contributed by atoms with van der Waals surface area (Å²) in [6, 6.07) is 0.712. The Labute approximate surface area is 125 Å². The van der Waals surface area contributed by atoms with E-state index < -0.39 is 0 Å². The average Bonchev–Trinajstić information content (AvgIpc) is 2.83. The standard InChI is InChI=1S/C18H33NO/c1-13-9-14(12-17(2,3)11-13)20-16-10-15(19-4)18(16)7-5-6-8-18/h13-16,19H,5-12H2,1-4H3. The highest BCUT2D eigenvalue weighted by Gasteiger charge is 2.56. The lowest BCUT2D eigenvalue weighted by Gasteiger charge is -2.55. The second kappa shape index (κ2) is 5.28. The zero-order valence-electron chi connectivity index (χ0n) is 13.9. The first-order valence-electron chi connectivity index (χ1n) is 8.78. The number of hydrogen-bond acceptors (Lipinski definition) is 2. The van der Waals surface area contributed by atoms with Gasteiger partial charge in [-0.1, -0.05) is 33.6 Å². The third-order valence-corrected chi connectivity index (χ3v) is 6.37. The van der Waals surface area contributed by atoms with Crippen molar-refractivity contribution >= 4 is 0 Å². The fourth-order valence-corrected chi connectivity index (χ4v) is 5.64. The maximum Gasteiger partial charge on any atom is 0.0665 e. The van der Waals surface area contributed by atoms with Gasteiger partial charge in [-0.2, -0.15) is 0 Å². The van der Waals surface area contributed by atoms with Gasteiger partial charge in [0.25, 0.3) is 0 Å². The maximum absolute atomic E-state index is 6.66. The van der Waals surface area contributed by atoms with Crippen LogP contribution in [0.5, 0.6) is 0 Å². The zero-order chi connectivity index (χ0) is 14.4. The van der Waals surface area contributed by atoms with E-state index in [-0.39, 0.29) is 0 Å². The molecule has 1 N–H and O–H groups in total. The van der Waals surface area contributed by atoms with Crippen molar-refractivity contribution in [3.63, 3.8) is 0 Å². The summed E-state index contributed by atoms with van der Waals surface area (Å²) >= 11 is 0. The molecule has 0 aromatic rings. The van der Waals surface area contributed by atoms with Gasteiger partial charge in [-0.15, -0.1) is 0 Å². The van der Waals surface area contributed by atoms with Gasteiger partial charge in [-0.3, -0.25) is 0 Å². The average molecular weight is 279 g/mol. The van der Waals surface area contributed by atoms with Crippen LogP contribution in [0.3, 0.4) is 0 Å². The minimum Gasteiger partial charge on any atom is -0.374 e. The summed E-state index contributed by atoms with van der Waals surface area (Å²) in [4.78, 5) is 0. The summed E-state index contributed by atoms with van der Waals surface area (Å²) in [6.45, 7) is 7.24. The van der Waals surface area contributed by atoms with Crippen molar-refractivity contribution in [3.05, 3.63) is 0 Å². The lowest BCUT2D eigenvalue weighted by Crippen LogP contribution is -2.62. The highest BCUT2D eigenvalue weighted by Crippen LogP contribution is 2.55. The van der Waals surface area contributed by atoms with Gasteiger partial charge in [-0.05, 0) is 56.9 Å². The Morgan fingerprint density at radius 3 is 2.35 bits per heavy atom. The van der Waals surface area contributed by atoms with Crippen molar-refractivity contribution in [2.75, 3.05) is 7.05 Å². The van der Waals surface area contributed by atoms with Gasteiger partial charge in [-0.25, -0.2) is 0 Å². The van der Waals surface area contributed by atoms with E-state index in [1.807, 2.05) is 0 Å². The minimum atomic E-state index is 0.470. The summed E-state index contributed by atoms with van der Waals surface area (Å²) in [7, 11) is 2.13. The van der Waals surface area contributed by atoms with Crippen molar-refractivity contribution in [3.8, 4) is 0 Å². The zero-order valence-corrected chi connectivity index (χ0v) is 13.9. The highest BCUT2D eigenvalue weighted by atomic mass is 16.5. The summed E-state index contributed by atoms with van der Waals surface area (Å²) in [5, 5.41) is 3.55. The molecule has 116 valence electrons. The molecule has 0 bridgehead atoms. The summed E-state index contributed by atoms with van der Waals surface area (Å²) in [6.07, 6.45) is 11.8. The predicted octanol–water partition coefficient (Wildman–Crippen LogP) is 4.14. The smallest absolute Gasteiger partial charge is 0.0665 e. The van der Waals surface area contributed by atoms with Crippen molar-refractivity contribution in [1.82, 2.24) is 5.32 Å². The molecule has 3 rings (SSSR count). The fraction of sp³-hybridized carbons (Fsp3) is 1.00. The molecule has 0 saturated heterocycles. The van der Waals surface area contributed by atoms with Gasteiger partial charge in [0.05, 0.1) is 12.2 Å². The maximum atomic E-state index is 6.66.